The maximum atomic E-state index is 11.6. The Morgan fingerprint density at radius 1 is 1.29 bits per heavy atom. The Morgan fingerprint density at radius 2 is 1.88 bits per heavy atom. The Kier molecular flexibility index (Phi) is 5.25. The van der Waals surface area contributed by atoms with Crippen LogP contribution >= 0.6 is 0 Å². The lowest BCUT2D eigenvalue weighted by Crippen LogP contribution is -2.47. The number of hydrogen-bond donors (Lipinski definition) is 3. The van der Waals surface area contributed by atoms with Crippen LogP contribution in [0.15, 0.2) is 0 Å². The number of carbonyl (C=O) groups is 1. The molecule has 1 aliphatic carbocycles. The lowest BCUT2D eigenvalue weighted by molar-refractivity contribution is 0.0648. The summed E-state index contributed by atoms with van der Waals surface area (Å²) >= 11 is 0. The van der Waals surface area contributed by atoms with Crippen LogP contribution in [0.5, 0.6) is 0 Å². The lowest BCUT2D eigenvalue weighted by Gasteiger charge is -2.27. The second-order valence-corrected chi connectivity index (χ2v) is 6.07. The SMILES string of the molecule is CC(C)(C)C(O)CNC(=O)NC1CCCCC1. The van der Waals surface area contributed by atoms with Crippen molar-refractivity contribution in [1.82, 2.24) is 10.6 Å². The zero-order chi connectivity index (χ0) is 12.9. The average molecular weight is 242 g/mol. The van der Waals surface area contributed by atoms with Crippen molar-refractivity contribution in [1.29, 1.82) is 0 Å². The quantitative estimate of drug-likeness (QED) is 0.709. The van der Waals surface area contributed by atoms with E-state index in [1.807, 2.05) is 20.8 Å². The molecule has 0 bridgehead atoms. The number of urea groups is 1. The van der Waals surface area contributed by atoms with Gasteiger partial charge in [0.2, 0.25) is 0 Å². The van der Waals surface area contributed by atoms with Crippen LogP contribution in [0, 0.1) is 5.41 Å². The highest BCUT2D eigenvalue weighted by atomic mass is 16.3. The first-order valence-corrected chi connectivity index (χ1v) is 6.62. The zero-order valence-electron chi connectivity index (χ0n) is 11.3. The summed E-state index contributed by atoms with van der Waals surface area (Å²) in [6.07, 6.45) is 5.33. The summed E-state index contributed by atoms with van der Waals surface area (Å²) in [5.41, 5.74) is -0.196. The predicted octanol–water partition coefficient (Wildman–Crippen LogP) is 2.03. The molecule has 100 valence electrons. The molecule has 1 aliphatic rings. The van der Waals surface area contributed by atoms with Gasteiger partial charge in [-0.25, -0.2) is 4.79 Å². The maximum Gasteiger partial charge on any atom is 0.315 e. The molecule has 1 rings (SSSR count). The lowest BCUT2D eigenvalue weighted by atomic mass is 9.89. The summed E-state index contributed by atoms with van der Waals surface area (Å²) in [6.45, 7) is 6.18. The van der Waals surface area contributed by atoms with Gasteiger partial charge in [-0.2, -0.15) is 0 Å². The largest absolute Gasteiger partial charge is 0.391 e. The number of carbonyl (C=O) groups excluding carboxylic acids is 1. The first-order valence-electron chi connectivity index (χ1n) is 6.62. The van der Waals surface area contributed by atoms with Crippen LogP contribution < -0.4 is 10.6 Å². The number of rotatable bonds is 3. The van der Waals surface area contributed by atoms with Gasteiger partial charge in [-0.05, 0) is 18.3 Å². The third-order valence-electron chi connectivity index (χ3n) is 3.40. The monoisotopic (exact) mass is 242 g/mol. The summed E-state index contributed by atoms with van der Waals surface area (Å²) in [6, 6.07) is 0.163. The summed E-state index contributed by atoms with van der Waals surface area (Å²) in [7, 11) is 0. The molecule has 0 saturated heterocycles. The van der Waals surface area contributed by atoms with E-state index in [0.717, 1.165) is 12.8 Å². The molecule has 1 unspecified atom stereocenters. The minimum Gasteiger partial charge on any atom is -0.391 e. The summed E-state index contributed by atoms with van der Waals surface area (Å²) in [4.78, 5) is 11.6. The molecular weight excluding hydrogens is 216 g/mol. The van der Waals surface area contributed by atoms with Gasteiger partial charge in [-0.3, -0.25) is 0 Å². The Balaban J connectivity index is 2.20. The molecule has 0 aromatic rings. The minimum atomic E-state index is -0.514. The summed E-state index contributed by atoms with van der Waals surface area (Å²) in [5.74, 6) is 0. The standard InChI is InChI=1S/C13H26N2O2/c1-13(2,3)11(16)9-14-12(17)15-10-7-5-4-6-8-10/h10-11,16H,4-9H2,1-3H3,(H2,14,15,17). The predicted molar refractivity (Wildman–Crippen MR) is 68.9 cm³/mol. The highest BCUT2D eigenvalue weighted by Crippen LogP contribution is 2.18. The Morgan fingerprint density at radius 3 is 2.41 bits per heavy atom. The first kappa shape index (κ1) is 14.3. The molecule has 0 heterocycles. The maximum absolute atomic E-state index is 11.6. The van der Waals surface area contributed by atoms with Crippen molar-refractivity contribution < 1.29 is 9.90 Å². The molecular formula is C13H26N2O2. The van der Waals surface area contributed by atoms with Gasteiger partial charge < -0.3 is 15.7 Å². The van der Waals surface area contributed by atoms with Crippen molar-refractivity contribution in [2.24, 2.45) is 5.41 Å². The molecule has 0 aromatic heterocycles. The number of amides is 2. The number of hydrogen-bond acceptors (Lipinski definition) is 2. The van der Waals surface area contributed by atoms with Gasteiger partial charge in [0.25, 0.3) is 0 Å². The second kappa shape index (κ2) is 6.24. The average Bonchev–Trinajstić information content (AvgIpc) is 2.26. The van der Waals surface area contributed by atoms with Gasteiger partial charge >= 0.3 is 6.03 Å². The van der Waals surface area contributed by atoms with Crippen LogP contribution in [0.4, 0.5) is 4.79 Å². The highest BCUT2D eigenvalue weighted by molar-refractivity contribution is 5.74. The van der Waals surface area contributed by atoms with Gasteiger partial charge in [-0.1, -0.05) is 40.0 Å². The van der Waals surface area contributed by atoms with Crippen LogP contribution in [0.25, 0.3) is 0 Å². The fourth-order valence-electron chi connectivity index (χ4n) is 1.98. The van der Waals surface area contributed by atoms with Gasteiger partial charge in [-0.15, -0.1) is 0 Å². The van der Waals surface area contributed by atoms with Crippen molar-refractivity contribution in [3.8, 4) is 0 Å². The Bertz CT molecular complexity index is 242. The molecule has 0 aliphatic heterocycles. The molecule has 3 N–H and O–H groups in total. The smallest absolute Gasteiger partial charge is 0.315 e. The second-order valence-electron chi connectivity index (χ2n) is 6.07. The third kappa shape index (κ3) is 5.39. The van der Waals surface area contributed by atoms with E-state index in [2.05, 4.69) is 10.6 Å². The molecule has 1 fully saturated rings. The number of nitrogens with one attached hydrogen (secondary N) is 2. The van der Waals surface area contributed by atoms with E-state index < -0.39 is 6.10 Å². The molecule has 17 heavy (non-hydrogen) atoms. The molecule has 1 atom stereocenters. The van der Waals surface area contributed by atoms with Crippen molar-refractivity contribution in [2.45, 2.75) is 65.0 Å². The van der Waals surface area contributed by atoms with Gasteiger partial charge in [0.15, 0.2) is 0 Å². The van der Waals surface area contributed by atoms with E-state index >= 15 is 0 Å². The summed E-state index contributed by atoms with van der Waals surface area (Å²) in [5, 5.41) is 15.5. The molecule has 0 radical (unpaired) electrons. The topological polar surface area (TPSA) is 61.4 Å². The van der Waals surface area contributed by atoms with Crippen LogP contribution in [0.2, 0.25) is 0 Å². The van der Waals surface area contributed by atoms with Crippen LogP contribution in [0.3, 0.4) is 0 Å². The van der Waals surface area contributed by atoms with Gasteiger partial charge in [0, 0.05) is 12.6 Å². The van der Waals surface area contributed by atoms with Crippen LogP contribution in [-0.2, 0) is 0 Å². The van der Waals surface area contributed by atoms with Crippen LogP contribution in [-0.4, -0.2) is 29.8 Å². The molecule has 4 heteroatoms. The van der Waals surface area contributed by atoms with Gasteiger partial charge in [0.05, 0.1) is 6.10 Å². The van der Waals surface area contributed by atoms with Crippen molar-refractivity contribution in [2.75, 3.05) is 6.54 Å². The Hall–Kier alpha value is -0.770. The van der Waals surface area contributed by atoms with Gasteiger partial charge in [0.1, 0.15) is 0 Å². The van der Waals surface area contributed by atoms with Crippen molar-refractivity contribution in [3.63, 3.8) is 0 Å². The number of aliphatic hydroxyl groups excluding tert-OH is 1. The highest BCUT2D eigenvalue weighted by Gasteiger charge is 2.23. The minimum absolute atomic E-state index is 0.153. The normalized spacial score (nSPS) is 19.8. The van der Waals surface area contributed by atoms with Crippen molar-refractivity contribution >= 4 is 6.03 Å². The van der Waals surface area contributed by atoms with E-state index in [9.17, 15) is 9.90 Å². The van der Waals surface area contributed by atoms with E-state index in [4.69, 9.17) is 0 Å². The molecule has 0 spiro atoms. The molecule has 2 amide bonds. The zero-order valence-corrected chi connectivity index (χ0v) is 11.3. The first-order chi connectivity index (χ1) is 7.89. The number of aliphatic hydroxyl groups is 1. The fraction of sp³-hybridized carbons (Fsp3) is 0.923. The van der Waals surface area contributed by atoms with Crippen molar-refractivity contribution in [3.05, 3.63) is 0 Å². The Labute approximate surface area is 104 Å². The fourth-order valence-corrected chi connectivity index (χ4v) is 1.98. The van der Waals surface area contributed by atoms with E-state index in [1.165, 1.54) is 19.3 Å². The third-order valence-corrected chi connectivity index (χ3v) is 3.40. The van der Waals surface area contributed by atoms with E-state index in [-0.39, 0.29) is 11.4 Å². The molecule has 1 saturated carbocycles. The van der Waals surface area contributed by atoms with Crippen LogP contribution in [0.1, 0.15) is 52.9 Å². The molecule has 0 aromatic carbocycles. The van der Waals surface area contributed by atoms with E-state index in [1.54, 1.807) is 0 Å². The molecule has 4 nitrogen and oxygen atoms in total. The summed E-state index contributed by atoms with van der Waals surface area (Å²) < 4.78 is 0. The van der Waals surface area contributed by atoms with E-state index in [0.29, 0.717) is 12.6 Å².